The van der Waals surface area contributed by atoms with Crippen LogP contribution in [0.5, 0.6) is 0 Å². The average Bonchev–Trinajstić information content (AvgIpc) is 2.39. The van der Waals surface area contributed by atoms with Crippen molar-refractivity contribution in [3.05, 3.63) is 29.3 Å². The van der Waals surface area contributed by atoms with E-state index in [9.17, 15) is 0 Å². The molecule has 1 saturated heterocycles. The lowest BCUT2D eigenvalue weighted by molar-refractivity contribution is 0.381. The van der Waals surface area contributed by atoms with Crippen molar-refractivity contribution in [2.45, 2.75) is 0 Å². The largest absolute Gasteiger partial charge is 0.367 e. The topological polar surface area (TPSA) is 44.5 Å². The minimum absolute atomic E-state index is 0.601. The number of para-hydroxylation sites is 1. The lowest BCUT2D eigenvalue weighted by Crippen LogP contribution is -2.53. The fourth-order valence-electron chi connectivity index (χ4n) is 1.95. The van der Waals surface area contributed by atoms with Crippen LogP contribution >= 0.6 is 23.8 Å². The lowest BCUT2D eigenvalue weighted by atomic mass is 10.2. The summed E-state index contributed by atoms with van der Waals surface area (Å²) in [6, 6.07) is 7.89. The van der Waals surface area contributed by atoms with Gasteiger partial charge in [-0.2, -0.15) is 0 Å². The Balaban J connectivity index is 2.00. The Bertz CT molecular complexity index is 404. The van der Waals surface area contributed by atoms with E-state index in [1.807, 2.05) is 24.3 Å². The van der Waals surface area contributed by atoms with Crippen molar-refractivity contribution < 1.29 is 0 Å². The summed E-state index contributed by atoms with van der Waals surface area (Å²) < 4.78 is 0. The predicted octanol–water partition coefficient (Wildman–Crippen LogP) is 1.21. The molecule has 1 aromatic carbocycles. The maximum Gasteiger partial charge on any atom is 0.183 e. The van der Waals surface area contributed by atoms with E-state index in [0.29, 0.717) is 5.11 Å². The molecule has 1 aliphatic heterocycles. The van der Waals surface area contributed by atoms with E-state index in [1.165, 1.54) is 0 Å². The van der Waals surface area contributed by atoms with E-state index in [0.717, 1.165) is 36.9 Å². The molecule has 0 amide bonds. The number of piperazine rings is 1. The molecule has 2 rings (SSSR count). The maximum absolute atomic E-state index is 6.17. The van der Waals surface area contributed by atoms with Gasteiger partial charge in [-0.05, 0) is 24.4 Å². The van der Waals surface area contributed by atoms with Gasteiger partial charge in [0.15, 0.2) is 5.11 Å². The SMILES string of the molecule is NNC(=S)N1CCN(c2ccccc2Cl)CC1. The zero-order valence-electron chi connectivity index (χ0n) is 9.40. The molecule has 6 heteroatoms. The summed E-state index contributed by atoms with van der Waals surface area (Å²) in [4.78, 5) is 4.32. The monoisotopic (exact) mass is 270 g/mol. The molecule has 1 fully saturated rings. The van der Waals surface area contributed by atoms with Gasteiger partial charge in [0, 0.05) is 26.2 Å². The van der Waals surface area contributed by atoms with Gasteiger partial charge in [0.2, 0.25) is 0 Å². The summed E-state index contributed by atoms with van der Waals surface area (Å²) in [6.07, 6.45) is 0. The van der Waals surface area contributed by atoms with Crippen LogP contribution in [0.25, 0.3) is 0 Å². The Labute approximate surface area is 111 Å². The van der Waals surface area contributed by atoms with Gasteiger partial charge < -0.3 is 15.2 Å². The Kier molecular flexibility index (Phi) is 4.04. The third-order valence-corrected chi connectivity index (χ3v) is 3.58. The molecule has 0 saturated carbocycles. The molecule has 3 N–H and O–H groups in total. The average molecular weight is 271 g/mol. The van der Waals surface area contributed by atoms with Crippen LogP contribution in [0.4, 0.5) is 5.69 Å². The first-order chi connectivity index (χ1) is 8.22. The van der Waals surface area contributed by atoms with Gasteiger partial charge in [0.25, 0.3) is 0 Å². The summed E-state index contributed by atoms with van der Waals surface area (Å²) in [6.45, 7) is 3.50. The summed E-state index contributed by atoms with van der Waals surface area (Å²) in [7, 11) is 0. The zero-order chi connectivity index (χ0) is 12.3. The number of hydrazine groups is 1. The van der Waals surface area contributed by atoms with E-state index >= 15 is 0 Å². The minimum Gasteiger partial charge on any atom is -0.367 e. The van der Waals surface area contributed by atoms with Gasteiger partial charge in [-0.3, -0.25) is 0 Å². The van der Waals surface area contributed by atoms with Crippen LogP contribution in [0.3, 0.4) is 0 Å². The number of nitrogens with zero attached hydrogens (tertiary/aromatic N) is 2. The van der Waals surface area contributed by atoms with Crippen molar-refractivity contribution in [1.29, 1.82) is 0 Å². The molecule has 17 heavy (non-hydrogen) atoms. The molecular weight excluding hydrogens is 256 g/mol. The third kappa shape index (κ3) is 2.80. The number of thiocarbonyl (C=S) groups is 1. The van der Waals surface area contributed by atoms with Crippen molar-refractivity contribution in [3.8, 4) is 0 Å². The highest BCUT2D eigenvalue weighted by Gasteiger charge is 2.19. The Morgan fingerprint density at radius 1 is 1.24 bits per heavy atom. The van der Waals surface area contributed by atoms with Crippen LogP contribution in [-0.4, -0.2) is 36.2 Å². The highest BCUT2D eigenvalue weighted by atomic mass is 35.5. The summed E-state index contributed by atoms with van der Waals surface area (Å²) in [5.41, 5.74) is 3.60. The first-order valence-electron chi connectivity index (χ1n) is 5.47. The quantitative estimate of drug-likeness (QED) is 0.456. The number of benzene rings is 1. The van der Waals surface area contributed by atoms with Crippen LogP contribution in [0, 0.1) is 0 Å². The Morgan fingerprint density at radius 3 is 2.47 bits per heavy atom. The molecule has 0 radical (unpaired) electrons. The van der Waals surface area contributed by atoms with Crippen molar-refractivity contribution >= 4 is 34.6 Å². The first kappa shape index (κ1) is 12.4. The van der Waals surface area contributed by atoms with Gasteiger partial charge in [0.1, 0.15) is 0 Å². The van der Waals surface area contributed by atoms with Crippen LogP contribution in [-0.2, 0) is 0 Å². The molecule has 0 unspecified atom stereocenters. The van der Waals surface area contributed by atoms with Gasteiger partial charge >= 0.3 is 0 Å². The van der Waals surface area contributed by atoms with Crippen LogP contribution in [0.2, 0.25) is 5.02 Å². The molecule has 4 nitrogen and oxygen atoms in total. The zero-order valence-corrected chi connectivity index (χ0v) is 11.0. The fraction of sp³-hybridized carbons (Fsp3) is 0.364. The van der Waals surface area contributed by atoms with Gasteiger partial charge in [0.05, 0.1) is 10.7 Å². The summed E-state index contributed by atoms with van der Waals surface area (Å²) in [5, 5.41) is 1.39. The number of halogens is 1. The fourth-order valence-corrected chi connectivity index (χ4v) is 2.39. The van der Waals surface area contributed by atoms with Gasteiger partial charge in [-0.1, -0.05) is 23.7 Å². The van der Waals surface area contributed by atoms with Crippen LogP contribution in [0.1, 0.15) is 0 Å². The number of hydrogen-bond donors (Lipinski definition) is 2. The maximum atomic E-state index is 6.17. The molecular formula is C11H15ClN4S. The molecule has 1 aliphatic rings. The molecule has 0 atom stereocenters. The highest BCUT2D eigenvalue weighted by molar-refractivity contribution is 7.80. The highest BCUT2D eigenvalue weighted by Crippen LogP contribution is 2.25. The van der Waals surface area contributed by atoms with Crippen molar-refractivity contribution in [2.75, 3.05) is 31.1 Å². The standard InChI is InChI=1S/C11H15ClN4S/c12-9-3-1-2-4-10(9)15-5-7-16(8-6-15)11(17)14-13/h1-4H,5-8,13H2,(H,14,17). The van der Waals surface area contributed by atoms with Gasteiger partial charge in [-0.15, -0.1) is 0 Å². The first-order valence-corrected chi connectivity index (χ1v) is 6.26. The number of nitrogens with two attached hydrogens (primary N) is 1. The molecule has 0 spiro atoms. The molecule has 92 valence electrons. The van der Waals surface area contributed by atoms with Crippen molar-refractivity contribution in [3.63, 3.8) is 0 Å². The van der Waals surface area contributed by atoms with E-state index in [2.05, 4.69) is 15.2 Å². The number of nitrogens with one attached hydrogen (secondary N) is 1. The molecule has 0 bridgehead atoms. The van der Waals surface area contributed by atoms with Crippen LogP contribution in [0.15, 0.2) is 24.3 Å². The van der Waals surface area contributed by atoms with E-state index in [1.54, 1.807) is 0 Å². The molecule has 1 heterocycles. The van der Waals surface area contributed by atoms with Crippen molar-refractivity contribution in [2.24, 2.45) is 5.84 Å². The minimum atomic E-state index is 0.601. The van der Waals surface area contributed by atoms with E-state index < -0.39 is 0 Å². The molecule has 0 aliphatic carbocycles. The summed E-state index contributed by atoms with van der Waals surface area (Å²) in [5.74, 6) is 5.31. The smallest absolute Gasteiger partial charge is 0.183 e. The van der Waals surface area contributed by atoms with E-state index in [4.69, 9.17) is 29.7 Å². The normalized spacial score (nSPS) is 15.9. The second-order valence-electron chi connectivity index (χ2n) is 3.87. The van der Waals surface area contributed by atoms with Crippen LogP contribution < -0.4 is 16.2 Å². The summed E-state index contributed by atoms with van der Waals surface area (Å²) >= 11 is 11.3. The number of rotatable bonds is 1. The third-order valence-electron chi connectivity index (χ3n) is 2.88. The molecule has 0 aromatic heterocycles. The predicted molar refractivity (Wildman–Crippen MR) is 75.2 cm³/mol. The Hall–Kier alpha value is -1.04. The molecule has 1 aromatic rings. The second-order valence-corrected chi connectivity index (χ2v) is 4.67. The Morgan fingerprint density at radius 2 is 1.88 bits per heavy atom. The number of hydrogen-bond acceptors (Lipinski definition) is 3. The van der Waals surface area contributed by atoms with Gasteiger partial charge in [-0.25, -0.2) is 5.84 Å². The second kappa shape index (κ2) is 5.53. The number of anilines is 1. The van der Waals surface area contributed by atoms with E-state index in [-0.39, 0.29) is 0 Å². The van der Waals surface area contributed by atoms with Crippen molar-refractivity contribution in [1.82, 2.24) is 10.3 Å². The lowest BCUT2D eigenvalue weighted by Gasteiger charge is -2.37.